The van der Waals surface area contributed by atoms with Crippen molar-refractivity contribution in [3.05, 3.63) is 66.5 Å². The van der Waals surface area contributed by atoms with Gasteiger partial charge >= 0.3 is 5.97 Å². The SMILES string of the molecule is CCC(=O)C1=CN(c2c[nH]c3ccccc23)C(Nc2ccccc2OC)(OC)N=C1. The van der Waals surface area contributed by atoms with E-state index >= 15 is 0 Å². The second kappa shape index (κ2) is 8.04. The van der Waals surface area contributed by atoms with E-state index in [1.54, 1.807) is 26.6 Å². The molecule has 1 atom stereocenters. The van der Waals surface area contributed by atoms with Gasteiger partial charge in [-0.05, 0) is 18.2 Å². The van der Waals surface area contributed by atoms with E-state index in [9.17, 15) is 4.79 Å². The molecule has 1 aliphatic heterocycles. The number of nitrogens with one attached hydrogen (secondary N) is 2. The number of aliphatic imine (C=N–C) groups is 1. The molecular weight excluding hydrogens is 380 g/mol. The molecule has 1 unspecified atom stereocenters. The Morgan fingerprint density at radius 1 is 1.17 bits per heavy atom. The molecule has 2 N–H and O–H groups in total. The summed E-state index contributed by atoms with van der Waals surface area (Å²) in [5, 5.41) is 4.34. The maximum Gasteiger partial charge on any atom is 0.329 e. The van der Waals surface area contributed by atoms with E-state index in [2.05, 4.69) is 15.3 Å². The highest BCUT2D eigenvalue weighted by atomic mass is 16.5. The Labute approximate surface area is 175 Å². The van der Waals surface area contributed by atoms with E-state index in [-0.39, 0.29) is 5.78 Å². The van der Waals surface area contributed by atoms with Gasteiger partial charge in [-0.25, -0.2) is 4.99 Å². The molecule has 1 aliphatic rings. The number of carbonyl (C=O) groups excluding carboxylic acids is 1. The molecule has 2 aromatic carbocycles. The van der Waals surface area contributed by atoms with Crippen LogP contribution >= 0.6 is 0 Å². The monoisotopic (exact) mass is 404 g/mol. The normalized spacial score (nSPS) is 18.4. The summed E-state index contributed by atoms with van der Waals surface area (Å²) >= 11 is 0. The molecule has 7 heteroatoms. The molecular formula is C23H24N4O3. The van der Waals surface area contributed by atoms with Crippen LogP contribution in [0.4, 0.5) is 11.4 Å². The van der Waals surface area contributed by atoms with Gasteiger partial charge in [-0.1, -0.05) is 37.3 Å². The number of H-pyrrole nitrogens is 1. The molecule has 7 nitrogen and oxygen atoms in total. The molecule has 4 rings (SSSR count). The minimum Gasteiger partial charge on any atom is -0.495 e. The quantitative estimate of drug-likeness (QED) is 0.574. The third kappa shape index (κ3) is 3.33. The zero-order chi connectivity index (χ0) is 21.1. The number of anilines is 2. The highest BCUT2D eigenvalue weighted by Gasteiger charge is 2.40. The lowest BCUT2D eigenvalue weighted by Crippen LogP contribution is -2.54. The summed E-state index contributed by atoms with van der Waals surface area (Å²) in [6.07, 6.45) is 5.61. The molecule has 0 spiro atoms. The number of methoxy groups -OCH3 is 2. The van der Waals surface area contributed by atoms with Crippen LogP contribution in [-0.4, -0.2) is 37.2 Å². The summed E-state index contributed by atoms with van der Waals surface area (Å²) < 4.78 is 11.4. The Kier molecular flexibility index (Phi) is 5.29. The number of hydrogen-bond acceptors (Lipinski definition) is 6. The zero-order valence-electron chi connectivity index (χ0n) is 17.2. The number of ketones is 1. The Morgan fingerprint density at radius 2 is 1.93 bits per heavy atom. The third-order valence-corrected chi connectivity index (χ3v) is 5.13. The van der Waals surface area contributed by atoms with E-state index < -0.39 is 5.97 Å². The molecule has 0 aliphatic carbocycles. The number of benzene rings is 2. The number of Topliss-reactive ketones (excluding diaryl/α,β-unsaturated/α-hetero) is 1. The number of nitrogens with zero attached hydrogens (tertiary/aromatic N) is 2. The number of ether oxygens (including phenoxy) is 2. The molecule has 30 heavy (non-hydrogen) atoms. The first-order valence-corrected chi connectivity index (χ1v) is 9.74. The summed E-state index contributed by atoms with van der Waals surface area (Å²) in [5.41, 5.74) is 3.02. The molecule has 3 aromatic rings. The van der Waals surface area contributed by atoms with Gasteiger partial charge in [0.05, 0.1) is 24.1 Å². The van der Waals surface area contributed by atoms with Crippen molar-refractivity contribution >= 4 is 34.3 Å². The van der Waals surface area contributed by atoms with Crippen molar-refractivity contribution in [2.24, 2.45) is 4.99 Å². The number of para-hydroxylation sites is 3. The van der Waals surface area contributed by atoms with Crippen LogP contribution in [0.15, 0.2) is 71.5 Å². The minimum absolute atomic E-state index is 0.00517. The highest BCUT2D eigenvalue weighted by Crippen LogP contribution is 2.37. The largest absolute Gasteiger partial charge is 0.495 e. The van der Waals surface area contributed by atoms with Crippen LogP contribution in [0.3, 0.4) is 0 Å². The Bertz CT molecular complexity index is 1130. The van der Waals surface area contributed by atoms with Crippen LogP contribution in [0.5, 0.6) is 5.75 Å². The second-order valence-electron chi connectivity index (χ2n) is 6.85. The smallest absolute Gasteiger partial charge is 0.329 e. The van der Waals surface area contributed by atoms with Gasteiger partial charge in [0.2, 0.25) is 0 Å². The summed E-state index contributed by atoms with van der Waals surface area (Å²) in [4.78, 5) is 22.2. The lowest BCUT2D eigenvalue weighted by Gasteiger charge is -2.41. The van der Waals surface area contributed by atoms with Gasteiger partial charge in [0.15, 0.2) is 5.78 Å². The van der Waals surface area contributed by atoms with E-state index in [0.29, 0.717) is 23.4 Å². The van der Waals surface area contributed by atoms with Gasteiger partial charge in [-0.15, -0.1) is 0 Å². The molecule has 0 bridgehead atoms. The van der Waals surface area contributed by atoms with Gasteiger partial charge in [0.25, 0.3) is 0 Å². The summed E-state index contributed by atoms with van der Waals surface area (Å²) in [7, 11) is 3.18. The zero-order valence-corrected chi connectivity index (χ0v) is 17.2. The summed E-state index contributed by atoms with van der Waals surface area (Å²) in [6.45, 7) is 1.83. The van der Waals surface area contributed by atoms with E-state index in [1.807, 2.05) is 66.6 Å². The van der Waals surface area contributed by atoms with Crippen LogP contribution in [-0.2, 0) is 9.53 Å². The van der Waals surface area contributed by atoms with Crippen molar-refractivity contribution in [1.82, 2.24) is 4.98 Å². The number of hydrogen-bond donors (Lipinski definition) is 2. The van der Waals surface area contributed by atoms with Gasteiger partial charge in [-0.3, -0.25) is 9.69 Å². The Hall–Kier alpha value is -3.58. The Morgan fingerprint density at radius 3 is 2.70 bits per heavy atom. The van der Waals surface area contributed by atoms with Gasteiger partial charge in [-0.2, -0.15) is 0 Å². The molecule has 0 fully saturated rings. The highest BCUT2D eigenvalue weighted by molar-refractivity contribution is 6.14. The van der Waals surface area contributed by atoms with E-state index in [4.69, 9.17) is 9.47 Å². The first kappa shape index (κ1) is 19.7. The second-order valence-corrected chi connectivity index (χ2v) is 6.85. The lowest BCUT2D eigenvalue weighted by molar-refractivity contribution is -0.114. The summed E-state index contributed by atoms with van der Waals surface area (Å²) in [6, 6.07) is 15.5. The lowest BCUT2D eigenvalue weighted by atomic mass is 10.1. The predicted molar refractivity (Wildman–Crippen MR) is 119 cm³/mol. The van der Waals surface area contributed by atoms with Crippen LogP contribution in [0, 0.1) is 0 Å². The maximum atomic E-state index is 12.4. The van der Waals surface area contributed by atoms with Gasteiger partial charge in [0, 0.05) is 43.0 Å². The third-order valence-electron chi connectivity index (χ3n) is 5.13. The first-order chi connectivity index (χ1) is 14.6. The van der Waals surface area contributed by atoms with Gasteiger partial charge < -0.3 is 19.8 Å². The molecule has 0 radical (unpaired) electrons. The van der Waals surface area contributed by atoms with E-state index in [0.717, 1.165) is 16.6 Å². The van der Waals surface area contributed by atoms with E-state index in [1.165, 1.54) is 0 Å². The first-order valence-electron chi connectivity index (χ1n) is 9.74. The van der Waals surface area contributed by atoms with Crippen molar-refractivity contribution in [1.29, 1.82) is 0 Å². The molecule has 0 saturated carbocycles. The molecule has 0 amide bonds. The molecule has 0 saturated heterocycles. The van der Waals surface area contributed by atoms with Crippen molar-refractivity contribution in [3.63, 3.8) is 0 Å². The number of aromatic amines is 1. The fraction of sp³-hybridized carbons (Fsp3) is 0.217. The topological polar surface area (TPSA) is 79.0 Å². The minimum atomic E-state index is -1.31. The van der Waals surface area contributed by atoms with Crippen molar-refractivity contribution in [2.45, 2.75) is 19.3 Å². The van der Waals surface area contributed by atoms with Crippen LogP contribution in [0.2, 0.25) is 0 Å². The Balaban J connectivity index is 1.86. The average molecular weight is 404 g/mol. The number of rotatable bonds is 7. The summed E-state index contributed by atoms with van der Waals surface area (Å²) in [5.74, 6) is -0.648. The predicted octanol–water partition coefficient (Wildman–Crippen LogP) is 4.30. The number of fused-ring (bicyclic) bond motifs is 1. The number of allylic oxidation sites excluding steroid dienone is 1. The standard InChI is InChI=1S/C23H24N4O3/c1-4-21(28)16-13-25-23(30-3,26-19-11-7-8-12-22(19)29-2)27(15-16)20-14-24-18-10-6-5-9-17(18)20/h5-15,24,26H,4H2,1-3H3. The van der Waals surface area contributed by atoms with Crippen LogP contribution < -0.4 is 15.0 Å². The average Bonchev–Trinajstić information content (AvgIpc) is 3.23. The van der Waals surface area contributed by atoms with Crippen molar-refractivity contribution < 1.29 is 14.3 Å². The maximum absolute atomic E-state index is 12.4. The molecule has 2 heterocycles. The number of carbonyl (C=O) groups is 1. The van der Waals surface area contributed by atoms with Crippen molar-refractivity contribution in [3.8, 4) is 5.75 Å². The van der Waals surface area contributed by atoms with Crippen LogP contribution in [0.25, 0.3) is 10.9 Å². The fourth-order valence-electron chi connectivity index (χ4n) is 3.53. The van der Waals surface area contributed by atoms with Crippen molar-refractivity contribution in [2.75, 3.05) is 24.4 Å². The van der Waals surface area contributed by atoms with Gasteiger partial charge in [0.1, 0.15) is 5.75 Å². The fourth-order valence-corrected chi connectivity index (χ4v) is 3.53. The molecule has 1 aromatic heterocycles. The molecule has 154 valence electrons. The van der Waals surface area contributed by atoms with Crippen LogP contribution in [0.1, 0.15) is 13.3 Å². The number of aromatic nitrogens is 1.